The van der Waals surface area contributed by atoms with Crippen molar-refractivity contribution in [2.45, 2.75) is 32.7 Å². The number of ether oxygens (including phenoxy) is 1. The molecule has 0 bridgehead atoms. The Labute approximate surface area is 167 Å². The number of pyridine rings is 1. The fraction of sp³-hybridized carbons (Fsp3) is 0.650. The summed E-state index contributed by atoms with van der Waals surface area (Å²) >= 11 is 0. The molecule has 1 aliphatic heterocycles. The van der Waals surface area contributed by atoms with Gasteiger partial charge in [0, 0.05) is 56.9 Å². The smallest absolute Gasteiger partial charge is 0.246 e. The van der Waals surface area contributed by atoms with E-state index in [0.29, 0.717) is 26.2 Å². The molecule has 0 saturated carbocycles. The summed E-state index contributed by atoms with van der Waals surface area (Å²) in [7, 11) is 1.99. The Morgan fingerprint density at radius 2 is 2.11 bits per heavy atom. The number of hydrogen-bond donors (Lipinski definition) is 3. The molecule has 0 spiro atoms. The first-order chi connectivity index (χ1) is 13.5. The number of aryl methyl sites for hydroxylation is 1. The fourth-order valence-corrected chi connectivity index (χ4v) is 3.41. The number of aromatic nitrogens is 1. The zero-order valence-corrected chi connectivity index (χ0v) is 17.2. The second-order valence-electron chi connectivity index (χ2n) is 7.31. The molecule has 1 saturated heterocycles. The lowest BCUT2D eigenvalue weighted by molar-refractivity contribution is -0.126. The number of likely N-dealkylation sites (N-methyl/N-ethyl adjacent to an activating group) is 1. The average molecular weight is 392 g/mol. The molecule has 8 heteroatoms. The number of hydrogen-bond acceptors (Lipinski definition) is 6. The Hall–Kier alpha value is -2.19. The molecule has 2 rings (SSSR count). The van der Waals surface area contributed by atoms with Crippen LogP contribution in [0.4, 0.5) is 5.69 Å². The first-order valence-corrected chi connectivity index (χ1v) is 9.97. The molecule has 1 aromatic heterocycles. The van der Waals surface area contributed by atoms with Crippen LogP contribution in [0.5, 0.6) is 0 Å². The normalized spacial score (nSPS) is 20.2. The van der Waals surface area contributed by atoms with Gasteiger partial charge in [-0.2, -0.15) is 0 Å². The Bertz CT molecular complexity index is 640. The minimum atomic E-state index is -0.0966. The fourth-order valence-electron chi connectivity index (χ4n) is 3.41. The third-order valence-corrected chi connectivity index (χ3v) is 4.86. The molecule has 1 aliphatic rings. The van der Waals surface area contributed by atoms with Crippen LogP contribution in [0.3, 0.4) is 0 Å². The summed E-state index contributed by atoms with van der Waals surface area (Å²) in [6.45, 7) is 7.14. The third-order valence-electron chi connectivity index (χ3n) is 4.86. The highest BCUT2D eigenvalue weighted by Gasteiger charge is 2.27. The van der Waals surface area contributed by atoms with Gasteiger partial charge in [0.15, 0.2) is 0 Å². The van der Waals surface area contributed by atoms with E-state index in [1.807, 2.05) is 33.2 Å². The number of nitrogens with one attached hydrogen (secondary N) is 3. The van der Waals surface area contributed by atoms with Gasteiger partial charge in [-0.15, -0.1) is 0 Å². The third kappa shape index (κ3) is 7.44. The number of nitrogens with zero attached hydrogens (tertiary/aromatic N) is 2. The number of carbonyl (C=O) groups is 2. The largest absolute Gasteiger partial charge is 0.383 e. The van der Waals surface area contributed by atoms with Gasteiger partial charge in [0.1, 0.15) is 6.61 Å². The van der Waals surface area contributed by atoms with E-state index in [1.165, 1.54) is 0 Å². The summed E-state index contributed by atoms with van der Waals surface area (Å²) in [5, 5.41) is 9.34. The van der Waals surface area contributed by atoms with Crippen molar-refractivity contribution in [2.75, 3.05) is 51.8 Å². The molecule has 1 aromatic rings. The number of anilines is 1. The van der Waals surface area contributed by atoms with E-state index in [-0.39, 0.29) is 30.4 Å². The van der Waals surface area contributed by atoms with Gasteiger partial charge in [-0.1, -0.05) is 0 Å². The Kier molecular flexibility index (Phi) is 9.16. The Morgan fingerprint density at radius 1 is 1.29 bits per heavy atom. The predicted molar refractivity (Wildman–Crippen MR) is 109 cm³/mol. The van der Waals surface area contributed by atoms with E-state index < -0.39 is 0 Å². The Balaban J connectivity index is 1.73. The summed E-state index contributed by atoms with van der Waals surface area (Å²) in [6, 6.07) is 1.98. The lowest BCUT2D eigenvalue weighted by Crippen LogP contribution is -2.43. The number of carbonyl (C=O) groups excluding carboxylic acids is 2. The molecular weight excluding hydrogens is 358 g/mol. The molecule has 3 N–H and O–H groups in total. The molecule has 2 heterocycles. The van der Waals surface area contributed by atoms with Crippen LogP contribution in [0.2, 0.25) is 0 Å². The summed E-state index contributed by atoms with van der Waals surface area (Å²) in [4.78, 5) is 30.6. The molecule has 0 aromatic carbocycles. The minimum Gasteiger partial charge on any atom is -0.383 e. The van der Waals surface area contributed by atoms with Crippen LogP contribution in [0.25, 0.3) is 0 Å². The maximum absolute atomic E-state index is 12.6. The lowest BCUT2D eigenvalue weighted by atomic mass is 10.0. The quantitative estimate of drug-likeness (QED) is 0.539. The molecule has 2 amide bonds. The molecule has 2 atom stereocenters. The maximum Gasteiger partial charge on any atom is 0.246 e. The van der Waals surface area contributed by atoms with Gasteiger partial charge in [-0.05, 0) is 45.4 Å². The SMILES string of the molecule is CCOCC(=O)N[C@H]1CC[C@@H](C(=O)NCCNc2ccncc2C)CN(C)C1. The average Bonchev–Trinajstić information content (AvgIpc) is 2.85. The summed E-state index contributed by atoms with van der Waals surface area (Å²) in [5.74, 6) is -0.0940. The minimum absolute atomic E-state index is 0.0482. The van der Waals surface area contributed by atoms with Crippen molar-refractivity contribution in [2.24, 2.45) is 5.92 Å². The van der Waals surface area contributed by atoms with Gasteiger partial charge in [-0.3, -0.25) is 14.6 Å². The van der Waals surface area contributed by atoms with E-state index in [2.05, 4.69) is 25.8 Å². The van der Waals surface area contributed by atoms with E-state index in [0.717, 1.165) is 30.6 Å². The van der Waals surface area contributed by atoms with Crippen LogP contribution in [-0.2, 0) is 14.3 Å². The van der Waals surface area contributed by atoms with Crippen LogP contribution in [0, 0.1) is 12.8 Å². The van der Waals surface area contributed by atoms with Crippen LogP contribution < -0.4 is 16.0 Å². The highest BCUT2D eigenvalue weighted by atomic mass is 16.5. The van der Waals surface area contributed by atoms with E-state index >= 15 is 0 Å². The first-order valence-electron chi connectivity index (χ1n) is 9.97. The number of amides is 2. The zero-order chi connectivity index (χ0) is 20.4. The van der Waals surface area contributed by atoms with Gasteiger partial charge < -0.3 is 25.6 Å². The highest BCUT2D eigenvalue weighted by molar-refractivity contribution is 5.79. The van der Waals surface area contributed by atoms with Gasteiger partial charge in [-0.25, -0.2) is 0 Å². The maximum atomic E-state index is 12.6. The summed E-state index contributed by atoms with van der Waals surface area (Å²) in [5.41, 5.74) is 2.11. The second kappa shape index (κ2) is 11.6. The van der Waals surface area contributed by atoms with Gasteiger partial charge in [0.05, 0.1) is 5.92 Å². The van der Waals surface area contributed by atoms with Crippen LogP contribution >= 0.6 is 0 Å². The van der Waals surface area contributed by atoms with Crippen molar-refractivity contribution < 1.29 is 14.3 Å². The molecular formula is C20H33N5O3. The Morgan fingerprint density at radius 3 is 2.86 bits per heavy atom. The number of likely N-dealkylation sites (tertiary alicyclic amines) is 1. The van der Waals surface area contributed by atoms with Gasteiger partial charge in [0.2, 0.25) is 11.8 Å². The van der Waals surface area contributed by atoms with Crippen molar-refractivity contribution in [3.63, 3.8) is 0 Å². The van der Waals surface area contributed by atoms with Crippen molar-refractivity contribution >= 4 is 17.5 Å². The van der Waals surface area contributed by atoms with E-state index in [4.69, 9.17) is 4.74 Å². The number of rotatable bonds is 9. The highest BCUT2D eigenvalue weighted by Crippen LogP contribution is 2.16. The van der Waals surface area contributed by atoms with Crippen molar-refractivity contribution in [1.29, 1.82) is 0 Å². The monoisotopic (exact) mass is 391 g/mol. The molecule has 0 unspecified atom stereocenters. The topological polar surface area (TPSA) is 95.6 Å². The van der Waals surface area contributed by atoms with E-state index in [1.54, 1.807) is 6.20 Å². The van der Waals surface area contributed by atoms with Crippen LogP contribution in [0.1, 0.15) is 25.3 Å². The molecule has 156 valence electrons. The standard InChI is InChI=1S/C20H33N5O3/c1-4-28-14-19(26)24-17-6-5-16(12-25(3)13-17)20(27)23-10-9-22-18-7-8-21-11-15(18)2/h7-8,11,16-17H,4-6,9-10,12-14H2,1-3H3,(H,21,22)(H,23,27)(H,24,26)/t16-,17+/m1/s1. The van der Waals surface area contributed by atoms with E-state index in [9.17, 15) is 9.59 Å². The first kappa shape index (κ1) is 22.1. The lowest BCUT2D eigenvalue weighted by Gasteiger charge is -2.22. The molecule has 1 fully saturated rings. The molecule has 28 heavy (non-hydrogen) atoms. The van der Waals surface area contributed by atoms with Crippen LogP contribution in [0.15, 0.2) is 18.5 Å². The van der Waals surface area contributed by atoms with Crippen LogP contribution in [-0.4, -0.2) is 74.2 Å². The molecule has 8 nitrogen and oxygen atoms in total. The van der Waals surface area contributed by atoms with Gasteiger partial charge in [0.25, 0.3) is 0 Å². The summed E-state index contributed by atoms with van der Waals surface area (Å²) < 4.78 is 5.15. The molecule has 0 aliphatic carbocycles. The van der Waals surface area contributed by atoms with Crippen molar-refractivity contribution in [3.8, 4) is 0 Å². The predicted octanol–water partition coefficient (Wildman–Crippen LogP) is 0.781. The van der Waals surface area contributed by atoms with Crippen molar-refractivity contribution in [3.05, 3.63) is 24.0 Å². The molecule has 0 radical (unpaired) electrons. The van der Waals surface area contributed by atoms with Gasteiger partial charge >= 0.3 is 0 Å². The zero-order valence-electron chi connectivity index (χ0n) is 17.2. The van der Waals surface area contributed by atoms with Crippen molar-refractivity contribution in [1.82, 2.24) is 20.5 Å². The second-order valence-corrected chi connectivity index (χ2v) is 7.31. The summed E-state index contributed by atoms with van der Waals surface area (Å²) in [6.07, 6.45) is 5.10.